The second-order valence-corrected chi connectivity index (χ2v) is 6.34. The summed E-state index contributed by atoms with van der Waals surface area (Å²) < 4.78 is 10.8. The molecule has 2 aromatic rings. The molecule has 6 heteroatoms. The highest BCUT2D eigenvalue weighted by Crippen LogP contribution is 2.41. The molecular weight excluding hydrogens is 340 g/mol. The van der Waals surface area contributed by atoms with E-state index in [0.29, 0.717) is 28.6 Å². The molecule has 25 heavy (non-hydrogen) atoms. The normalized spacial score (nSPS) is 14.4. The lowest BCUT2D eigenvalue weighted by Gasteiger charge is -2.11. The Morgan fingerprint density at radius 3 is 2.68 bits per heavy atom. The molecule has 0 aromatic heterocycles. The first-order valence-corrected chi connectivity index (χ1v) is 8.55. The number of carboxylic acid groups (broad SMARTS) is 1. The standard InChI is InChI=1S/C19H16O5S/c1-2-23-15-9-12(7-8-14(15)24-11-18(20)21)10-17-19(22)13-5-3-4-6-16(13)25-17/h3-10H,2,11H2,1H3,(H,20,21). The number of carbonyl (C=O) groups is 2. The molecule has 0 bridgehead atoms. The first-order valence-electron chi connectivity index (χ1n) is 7.73. The number of benzene rings is 2. The molecule has 1 aliphatic rings. The van der Waals surface area contributed by atoms with Crippen LogP contribution in [-0.2, 0) is 4.79 Å². The van der Waals surface area contributed by atoms with Gasteiger partial charge in [0, 0.05) is 10.5 Å². The minimum Gasteiger partial charge on any atom is -0.490 e. The van der Waals surface area contributed by atoms with Crippen molar-refractivity contribution >= 4 is 29.6 Å². The van der Waals surface area contributed by atoms with Crippen LogP contribution in [0.5, 0.6) is 11.5 Å². The van der Waals surface area contributed by atoms with Crippen molar-refractivity contribution in [3.05, 3.63) is 58.5 Å². The lowest BCUT2D eigenvalue weighted by atomic mass is 10.1. The Morgan fingerprint density at radius 2 is 1.96 bits per heavy atom. The van der Waals surface area contributed by atoms with Crippen molar-refractivity contribution in [1.82, 2.24) is 0 Å². The van der Waals surface area contributed by atoms with Crippen LogP contribution in [0.1, 0.15) is 22.8 Å². The molecule has 0 radical (unpaired) electrons. The van der Waals surface area contributed by atoms with E-state index in [2.05, 4.69) is 0 Å². The maximum absolute atomic E-state index is 12.4. The van der Waals surface area contributed by atoms with Gasteiger partial charge in [0.05, 0.1) is 11.5 Å². The lowest BCUT2D eigenvalue weighted by Crippen LogP contribution is -2.10. The molecule has 1 N–H and O–H groups in total. The van der Waals surface area contributed by atoms with E-state index >= 15 is 0 Å². The molecule has 2 aromatic carbocycles. The summed E-state index contributed by atoms with van der Waals surface area (Å²) >= 11 is 1.44. The first kappa shape index (κ1) is 17.1. The number of ketones is 1. The predicted molar refractivity (Wildman–Crippen MR) is 95.3 cm³/mol. The largest absolute Gasteiger partial charge is 0.490 e. The van der Waals surface area contributed by atoms with Crippen LogP contribution >= 0.6 is 11.8 Å². The fraction of sp³-hybridized carbons (Fsp3) is 0.158. The minimum absolute atomic E-state index is 0.00441. The summed E-state index contributed by atoms with van der Waals surface area (Å²) in [6.45, 7) is 1.81. The van der Waals surface area contributed by atoms with E-state index in [1.54, 1.807) is 24.3 Å². The van der Waals surface area contributed by atoms with Gasteiger partial charge in [-0.1, -0.05) is 30.0 Å². The third-order valence-electron chi connectivity index (χ3n) is 3.49. The summed E-state index contributed by atoms with van der Waals surface area (Å²) in [6, 6.07) is 12.7. The van der Waals surface area contributed by atoms with Crippen LogP contribution in [0.4, 0.5) is 0 Å². The quantitative estimate of drug-likeness (QED) is 0.792. The average molecular weight is 356 g/mol. The Kier molecular flexibility index (Phi) is 5.09. The van der Waals surface area contributed by atoms with Gasteiger partial charge in [-0.25, -0.2) is 4.79 Å². The summed E-state index contributed by atoms with van der Waals surface area (Å²) in [4.78, 5) is 24.7. The summed E-state index contributed by atoms with van der Waals surface area (Å²) in [5.41, 5.74) is 1.50. The van der Waals surface area contributed by atoms with Crippen molar-refractivity contribution < 1.29 is 24.2 Å². The number of aliphatic carboxylic acids is 1. The number of hydrogen-bond donors (Lipinski definition) is 1. The molecule has 3 rings (SSSR count). The second kappa shape index (κ2) is 7.44. The summed E-state index contributed by atoms with van der Waals surface area (Å²) in [6.07, 6.45) is 1.80. The molecular formula is C19H16O5S. The van der Waals surface area contributed by atoms with Crippen molar-refractivity contribution in [2.45, 2.75) is 11.8 Å². The SMILES string of the molecule is CCOc1cc(C=C2Sc3ccccc3C2=O)ccc1OCC(=O)O. The van der Waals surface area contributed by atoms with Gasteiger partial charge in [-0.3, -0.25) is 4.79 Å². The number of carboxylic acids is 1. The number of thioether (sulfide) groups is 1. The van der Waals surface area contributed by atoms with Crippen molar-refractivity contribution in [1.29, 1.82) is 0 Å². The van der Waals surface area contributed by atoms with Gasteiger partial charge < -0.3 is 14.6 Å². The first-order chi connectivity index (χ1) is 12.1. The molecule has 1 aliphatic heterocycles. The monoisotopic (exact) mass is 356 g/mol. The number of allylic oxidation sites excluding steroid dienone is 1. The Labute approximate surface area is 149 Å². The molecule has 0 unspecified atom stereocenters. The van der Waals surface area contributed by atoms with E-state index in [1.807, 2.05) is 31.2 Å². The lowest BCUT2D eigenvalue weighted by molar-refractivity contribution is -0.139. The van der Waals surface area contributed by atoms with E-state index in [9.17, 15) is 9.59 Å². The van der Waals surface area contributed by atoms with Crippen LogP contribution in [0, 0.1) is 0 Å². The molecule has 0 atom stereocenters. The van der Waals surface area contributed by atoms with Crippen LogP contribution < -0.4 is 9.47 Å². The Bertz CT molecular complexity index is 857. The van der Waals surface area contributed by atoms with E-state index < -0.39 is 12.6 Å². The summed E-state index contributed by atoms with van der Waals surface area (Å²) in [5, 5.41) is 8.74. The van der Waals surface area contributed by atoms with Crippen LogP contribution in [-0.4, -0.2) is 30.1 Å². The molecule has 1 heterocycles. The van der Waals surface area contributed by atoms with E-state index in [-0.39, 0.29) is 5.78 Å². The molecule has 0 saturated carbocycles. The zero-order valence-electron chi connectivity index (χ0n) is 13.5. The van der Waals surface area contributed by atoms with Gasteiger partial charge in [0.2, 0.25) is 5.78 Å². The Balaban J connectivity index is 1.87. The molecule has 0 spiro atoms. The minimum atomic E-state index is -1.06. The molecule has 0 fully saturated rings. The number of carbonyl (C=O) groups excluding carboxylic acids is 1. The summed E-state index contributed by atoms with van der Waals surface area (Å²) in [7, 11) is 0. The zero-order valence-corrected chi connectivity index (χ0v) is 14.3. The van der Waals surface area contributed by atoms with Gasteiger partial charge in [0.25, 0.3) is 0 Å². The maximum Gasteiger partial charge on any atom is 0.341 e. The second-order valence-electron chi connectivity index (χ2n) is 5.26. The van der Waals surface area contributed by atoms with Crippen LogP contribution in [0.3, 0.4) is 0 Å². The fourth-order valence-corrected chi connectivity index (χ4v) is 3.48. The maximum atomic E-state index is 12.4. The highest BCUT2D eigenvalue weighted by molar-refractivity contribution is 8.04. The van der Waals surface area contributed by atoms with E-state index in [4.69, 9.17) is 14.6 Å². The highest BCUT2D eigenvalue weighted by Gasteiger charge is 2.25. The van der Waals surface area contributed by atoms with Gasteiger partial charge in [-0.2, -0.15) is 0 Å². The highest BCUT2D eigenvalue weighted by atomic mass is 32.2. The van der Waals surface area contributed by atoms with Crippen molar-refractivity contribution in [3.63, 3.8) is 0 Å². The Morgan fingerprint density at radius 1 is 1.16 bits per heavy atom. The van der Waals surface area contributed by atoms with Gasteiger partial charge in [0.1, 0.15) is 0 Å². The fourth-order valence-electron chi connectivity index (χ4n) is 2.43. The van der Waals surface area contributed by atoms with Crippen LogP contribution in [0.25, 0.3) is 6.08 Å². The summed E-state index contributed by atoms with van der Waals surface area (Å²) in [5.74, 6) is -0.240. The van der Waals surface area contributed by atoms with Crippen molar-refractivity contribution in [2.75, 3.05) is 13.2 Å². The third-order valence-corrected chi connectivity index (χ3v) is 4.59. The number of ether oxygens (including phenoxy) is 2. The number of fused-ring (bicyclic) bond motifs is 1. The molecule has 128 valence electrons. The van der Waals surface area contributed by atoms with E-state index in [0.717, 1.165) is 10.5 Å². The number of hydrogen-bond acceptors (Lipinski definition) is 5. The van der Waals surface area contributed by atoms with Crippen molar-refractivity contribution in [3.8, 4) is 11.5 Å². The van der Waals surface area contributed by atoms with Gasteiger partial charge >= 0.3 is 5.97 Å². The average Bonchev–Trinajstić information content (AvgIpc) is 2.91. The van der Waals surface area contributed by atoms with Crippen LogP contribution in [0.2, 0.25) is 0 Å². The molecule has 5 nitrogen and oxygen atoms in total. The van der Waals surface area contributed by atoms with Gasteiger partial charge in [-0.05, 0) is 42.8 Å². The predicted octanol–water partition coefficient (Wildman–Crippen LogP) is 3.88. The molecule has 0 aliphatic carbocycles. The third kappa shape index (κ3) is 3.85. The zero-order chi connectivity index (χ0) is 17.8. The Hall–Kier alpha value is -2.73. The van der Waals surface area contributed by atoms with Gasteiger partial charge in [0.15, 0.2) is 18.1 Å². The van der Waals surface area contributed by atoms with Gasteiger partial charge in [-0.15, -0.1) is 0 Å². The molecule has 0 saturated heterocycles. The van der Waals surface area contributed by atoms with Crippen LogP contribution in [0.15, 0.2) is 52.3 Å². The van der Waals surface area contributed by atoms with Crippen molar-refractivity contribution in [2.24, 2.45) is 0 Å². The van der Waals surface area contributed by atoms with E-state index in [1.165, 1.54) is 11.8 Å². The molecule has 0 amide bonds. The topological polar surface area (TPSA) is 72.8 Å². The number of rotatable bonds is 6. The number of Topliss-reactive ketones (excluding diaryl/α,β-unsaturated/α-hetero) is 1. The smallest absolute Gasteiger partial charge is 0.341 e.